The molecule has 23 heavy (non-hydrogen) atoms. The van der Waals surface area contributed by atoms with Crippen molar-refractivity contribution in [3.8, 4) is 11.3 Å². The summed E-state index contributed by atoms with van der Waals surface area (Å²) in [6, 6.07) is 4.49. The van der Waals surface area contributed by atoms with Crippen LogP contribution in [0.15, 0.2) is 24.4 Å². The Morgan fingerprint density at radius 3 is 2.17 bits per heavy atom. The Labute approximate surface area is 140 Å². The van der Waals surface area contributed by atoms with E-state index in [0.29, 0.717) is 17.0 Å². The summed E-state index contributed by atoms with van der Waals surface area (Å²) in [5.74, 6) is 6.46. The Kier molecular flexibility index (Phi) is 5.00. The number of hydrogen-bond acceptors (Lipinski definition) is 0. The van der Waals surface area contributed by atoms with Gasteiger partial charge in [0.1, 0.15) is 0 Å². The Balaban J connectivity index is 2.78. The van der Waals surface area contributed by atoms with Crippen LogP contribution < -0.4 is 8.96 Å². The number of benzene rings is 1. The SMILES string of the molecule is Cc1c(F)cc(F)cc1-c1cc(C(C)C)[c]([Ge]([CH3])([CH3])[CH3])c[n+]1C. The van der Waals surface area contributed by atoms with Crippen molar-refractivity contribution < 1.29 is 13.3 Å². The van der Waals surface area contributed by atoms with Gasteiger partial charge in [-0.05, 0) is 0 Å². The van der Waals surface area contributed by atoms with Crippen LogP contribution in [-0.2, 0) is 7.05 Å². The summed E-state index contributed by atoms with van der Waals surface area (Å²) in [4.78, 5) is 0. The van der Waals surface area contributed by atoms with Gasteiger partial charge in [-0.15, -0.1) is 0 Å². The molecule has 0 fully saturated rings. The number of nitrogens with zero attached hydrogens (tertiary/aromatic N) is 1. The fraction of sp³-hybridized carbons (Fsp3) is 0.421. The van der Waals surface area contributed by atoms with Crippen molar-refractivity contribution in [1.82, 2.24) is 0 Å². The molecule has 4 heteroatoms. The van der Waals surface area contributed by atoms with Gasteiger partial charge in [0.2, 0.25) is 0 Å². The summed E-state index contributed by atoms with van der Waals surface area (Å²) in [7, 11) is 1.96. The van der Waals surface area contributed by atoms with Gasteiger partial charge in [-0.25, -0.2) is 0 Å². The van der Waals surface area contributed by atoms with E-state index in [-0.39, 0.29) is 0 Å². The summed E-state index contributed by atoms with van der Waals surface area (Å²) in [6.07, 6.45) is 2.17. The van der Waals surface area contributed by atoms with Gasteiger partial charge in [-0.3, -0.25) is 0 Å². The van der Waals surface area contributed by atoms with Crippen LogP contribution >= 0.6 is 0 Å². The summed E-state index contributed by atoms with van der Waals surface area (Å²) >= 11 is -2.03. The zero-order chi connectivity index (χ0) is 17.5. The van der Waals surface area contributed by atoms with E-state index in [1.54, 1.807) is 6.92 Å². The normalized spacial score (nSPS) is 12.1. The second kappa shape index (κ2) is 6.35. The second-order valence-electron chi connectivity index (χ2n) is 7.60. The molecule has 0 amide bonds. The molecular formula is C19H26F2GeN+. The van der Waals surface area contributed by atoms with Crippen molar-refractivity contribution in [2.45, 2.75) is 44.0 Å². The number of aromatic nitrogens is 1. The first kappa shape index (κ1) is 18.1. The molecule has 0 aliphatic carbocycles. The maximum absolute atomic E-state index is 13.9. The van der Waals surface area contributed by atoms with Crippen LogP contribution in [0.1, 0.15) is 30.9 Å². The average molecular weight is 379 g/mol. The first-order chi connectivity index (χ1) is 10.5. The topological polar surface area (TPSA) is 3.88 Å². The van der Waals surface area contributed by atoms with Gasteiger partial charge in [0, 0.05) is 0 Å². The fourth-order valence-electron chi connectivity index (χ4n) is 2.95. The summed E-state index contributed by atoms with van der Waals surface area (Å²) in [6.45, 7) is 6.06. The maximum atomic E-state index is 13.9. The number of hydrogen-bond donors (Lipinski definition) is 0. The van der Waals surface area contributed by atoms with Crippen LogP contribution in [0, 0.1) is 18.6 Å². The van der Waals surface area contributed by atoms with Crippen molar-refractivity contribution in [2.75, 3.05) is 0 Å². The monoisotopic (exact) mass is 380 g/mol. The van der Waals surface area contributed by atoms with Crippen LogP contribution in [-0.4, -0.2) is 13.3 Å². The molecule has 1 nitrogen and oxygen atoms in total. The summed E-state index contributed by atoms with van der Waals surface area (Å²) < 4.78 is 31.1. The molecule has 0 saturated heterocycles. The molecule has 0 atom stereocenters. The first-order valence-corrected chi connectivity index (χ1v) is 15.4. The van der Waals surface area contributed by atoms with Gasteiger partial charge < -0.3 is 0 Å². The molecule has 2 aromatic rings. The zero-order valence-corrected chi connectivity index (χ0v) is 17.2. The van der Waals surface area contributed by atoms with Crippen LogP contribution in [0.3, 0.4) is 0 Å². The molecule has 0 spiro atoms. The minimum atomic E-state index is -2.03. The van der Waals surface area contributed by atoms with Crippen molar-refractivity contribution in [1.29, 1.82) is 0 Å². The second-order valence-corrected chi connectivity index (χ2v) is 18.2. The van der Waals surface area contributed by atoms with E-state index in [9.17, 15) is 8.78 Å². The fourth-order valence-corrected chi connectivity index (χ4v) is 6.74. The third-order valence-corrected chi connectivity index (χ3v) is 8.59. The molecule has 0 N–H and O–H groups in total. The van der Waals surface area contributed by atoms with Gasteiger partial charge in [0.05, 0.1) is 0 Å². The molecule has 0 aliphatic rings. The summed E-state index contributed by atoms with van der Waals surface area (Å²) in [5.41, 5.74) is 3.27. The van der Waals surface area contributed by atoms with E-state index in [1.807, 2.05) is 11.6 Å². The Hall–Kier alpha value is -1.23. The molecule has 0 aliphatic heterocycles. The molecule has 124 valence electrons. The van der Waals surface area contributed by atoms with Gasteiger partial charge in [0.15, 0.2) is 0 Å². The minimum absolute atomic E-state index is 0.383. The van der Waals surface area contributed by atoms with Crippen molar-refractivity contribution in [3.63, 3.8) is 0 Å². The number of rotatable bonds is 3. The molecule has 1 aromatic heterocycles. The van der Waals surface area contributed by atoms with Crippen molar-refractivity contribution in [3.05, 3.63) is 47.2 Å². The Morgan fingerprint density at radius 1 is 1.04 bits per heavy atom. The van der Waals surface area contributed by atoms with Crippen LogP contribution in [0.4, 0.5) is 8.78 Å². The van der Waals surface area contributed by atoms with E-state index in [0.717, 1.165) is 11.8 Å². The Bertz CT molecular complexity index is 746. The van der Waals surface area contributed by atoms with E-state index in [4.69, 9.17) is 0 Å². The van der Waals surface area contributed by atoms with Crippen molar-refractivity contribution in [2.24, 2.45) is 7.05 Å². The molecule has 1 aromatic carbocycles. The summed E-state index contributed by atoms with van der Waals surface area (Å²) in [5, 5.41) is 0. The Morgan fingerprint density at radius 2 is 1.65 bits per heavy atom. The molecule has 0 unspecified atom stereocenters. The van der Waals surface area contributed by atoms with Crippen molar-refractivity contribution >= 4 is 17.7 Å². The first-order valence-electron chi connectivity index (χ1n) is 8.02. The molecule has 0 saturated carbocycles. The third-order valence-electron chi connectivity index (χ3n) is 4.32. The van der Waals surface area contributed by atoms with Crippen LogP contribution in [0.25, 0.3) is 11.3 Å². The third kappa shape index (κ3) is 3.65. The van der Waals surface area contributed by atoms with Gasteiger partial charge >= 0.3 is 140 Å². The van der Waals surface area contributed by atoms with Crippen LogP contribution in [0.5, 0.6) is 0 Å². The average Bonchev–Trinajstić information content (AvgIpc) is 2.41. The zero-order valence-electron chi connectivity index (χ0n) is 15.1. The number of halogens is 2. The van der Waals surface area contributed by atoms with Gasteiger partial charge in [-0.1, -0.05) is 0 Å². The van der Waals surface area contributed by atoms with E-state index >= 15 is 0 Å². The molecule has 2 rings (SSSR count). The van der Waals surface area contributed by atoms with Gasteiger partial charge in [-0.2, -0.15) is 0 Å². The molecule has 1 heterocycles. The number of aryl methyl sites for hydroxylation is 1. The van der Waals surface area contributed by atoms with E-state index in [1.165, 1.54) is 16.0 Å². The van der Waals surface area contributed by atoms with E-state index in [2.05, 4.69) is 43.4 Å². The molecule has 0 bridgehead atoms. The van der Waals surface area contributed by atoms with Crippen LogP contribution in [0.2, 0.25) is 17.3 Å². The molecule has 0 radical (unpaired) electrons. The standard InChI is InChI=1S/C19H26F2GeN/c1-12(2)15-10-19(23(7)11-18(15)22(4,5)6)16-8-14(20)9-17(21)13(16)3/h8-12H,1-7H3/q+1. The number of pyridine rings is 1. The van der Waals surface area contributed by atoms with Gasteiger partial charge in [0.25, 0.3) is 0 Å². The quantitative estimate of drug-likeness (QED) is 0.549. The van der Waals surface area contributed by atoms with E-state index < -0.39 is 24.9 Å². The predicted octanol–water partition coefficient (Wildman–Crippen LogP) is 4.43. The predicted molar refractivity (Wildman–Crippen MR) is 94.8 cm³/mol. The molecular weight excluding hydrogens is 353 g/mol.